The summed E-state index contributed by atoms with van der Waals surface area (Å²) in [5.41, 5.74) is 0.839. The number of para-hydroxylation sites is 1. The third-order valence-corrected chi connectivity index (χ3v) is 8.06. The maximum Gasteiger partial charge on any atom is 0.233 e. The highest BCUT2D eigenvalue weighted by Crippen LogP contribution is 2.58. The summed E-state index contributed by atoms with van der Waals surface area (Å²) in [5.74, 6) is -3.42. The van der Waals surface area contributed by atoms with E-state index in [4.69, 9.17) is 9.47 Å². The van der Waals surface area contributed by atoms with E-state index >= 15 is 0 Å². The first-order valence-corrected chi connectivity index (χ1v) is 12.0. The van der Waals surface area contributed by atoms with Crippen molar-refractivity contribution in [3.05, 3.63) is 72.3 Å². The quantitative estimate of drug-likeness (QED) is 0.562. The lowest BCUT2D eigenvalue weighted by molar-refractivity contribution is -0.272. The first-order chi connectivity index (χ1) is 16.9. The molecular formula is C28H27NO6. The molecule has 2 aliphatic heterocycles. The van der Waals surface area contributed by atoms with Crippen molar-refractivity contribution >= 4 is 22.6 Å². The van der Waals surface area contributed by atoms with Gasteiger partial charge in [0, 0.05) is 24.3 Å². The normalized spacial score (nSPS) is 32.1. The third kappa shape index (κ3) is 3.33. The summed E-state index contributed by atoms with van der Waals surface area (Å²) in [4.78, 5) is 27.2. The SMILES string of the molecule is CN1C(=O)[C@H]2[C@H](C[C@H](COc3ccccc3)[C@@]3(O)O[C@H](c4ccc(O)c5ccccc45)C[C@@H]23)C1=O. The molecule has 1 aliphatic carbocycles. The van der Waals surface area contributed by atoms with Crippen LogP contribution in [0.2, 0.25) is 0 Å². The van der Waals surface area contributed by atoms with Gasteiger partial charge in [-0.25, -0.2) is 0 Å². The maximum atomic E-state index is 13.1. The molecular weight excluding hydrogens is 446 g/mol. The van der Waals surface area contributed by atoms with E-state index in [1.54, 1.807) is 6.07 Å². The molecule has 0 bridgehead atoms. The Kier molecular flexibility index (Phi) is 5.09. The highest BCUT2D eigenvalue weighted by atomic mass is 16.6. The molecule has 6 rings (SSSR count). The summed E-state index contributed by atoms with van der Waals surface area (Å²) in [7, 11) is 1.51. The van der Waals surface area contributed by atoms with Crippen LogP contribution in [0.4, 0.5) is 0 Å². The van der Waals surface area contributed by atoms with Crippen molar-refractivity contribution in [2.45, 2.75) is 24.7 Å². The Morgan fingerprint density at radius 2 is 1.69 bits per heavy atom. The number of rotatable bonds is 4. The Morgan fingerprint density at radius 1 is 0.971 bits per heavy atom. The number of fused-ring (bicyclic) bond motifs is 4. The second-order valence-electron chi connectivity index (χ2n) is 9.84. The van der Waals surface area contributed by atoms with Gasteiger partial charge in [0.1, 0.15) is 11.5 Å². The number of hydrogen-bond acceptors (Lipinski definition) is 6. The fraction of sp³-hybridized carbons (Fsp3) is 0.357. The minimum atomic E-state index is -1.62. The number of nitrogens with zero attached hydrogens (tertiary/aromatic N) is 1. The Labute approximate surface area is 202 Å². The standard InChI is InChI=1S/C28H27NO6/c1-29-26(31)21-13-16(15-34-17-7-3-2-4-8-17)28(33)22(25(21)27(29)32)14-24(35-28)20-11-12-23(30)19-10-6-5-9-18(19)20/h2-12,16,21-22,24-25,30,33H,13-15H2,1H3/t16-,21+,22+,24+,25+,28-/m1/s1. The zero-order chi connectivity index (χ0) is 24.3. The van der Waals surface area contributed by atoms with Gasteiger partial charge in [-0.05, 0) is 42.0 Å². The number of carbonyl (C=O) groups is 2. The predicted octanol–water partition coefficient (Wildman–Crippen LogP) is 3.64. The van der Waals surface area contributed by atoms with Gasteiger partial charge in [0.2, 0.25) is 11.8 Å². The number of benzene rings is 3. The van der Waals surface area contributed by atoms with Crippen molar-refractivity contribution in [2.75, 3.05) is 13.7 Å². The summed E-state index contributed by atoms with van der Waals surface area (Å²) in [6.07, 6.45) is 0.200. The molecule has 3 aliphatic rings. The number of hydrogen-bond donors (Lipinski definition) is 2. The first-order valence-electron chi connectivity index (χ1n) is 12.0. The fourth-order valence-electron chi connectivity index (χ4n) is 6.33. The fourth-order valence-corrected chi connectivity index (χ4v) is 6.33. The van der Waals surface area contributed by atoms with Crippen LogP contribution in [0.3, 0.4) is 0 Å². The molecule has 3 aromatic carbocycles. The molecule has 2 saturated heterocycles. The molecule has 3 fully saturated rings. The van der Waals surface area contributed by atoms with Crippen molar-refractivity contribution in [1.82, 2.24) is 4.90 Å². The summed E-state index contributed by atoms with van der Waals surface area (Å²) in [6, 6.07) is 20.3. The number of imide groups is 1. The highest BCUT2D eigenvalue weighted by molar-refractivity contribution is 6.05. The topological polar surface area (TPSA) is 96.3 Å². The predicted molar refractivity (Wildman–Crippen MR) is 127 cm³/mol. The number of likely N-dealkylation sites (tertiary alicyclic amines) is 1. The third-order valence-electron chi connectivity index (χ3n) is 8.06. The van der Waals surface area contributed by atoms with Gasteiger partial charge in [-0.3, -0.25) is 14.5 Å². The largest absolute Gasteiger partial charge is 0.507 e. The monoisotopic (exact) mass is 473 g/mol. The molecule has 7 nitrogen and oxygen atoms in total. The number of aromatic hydroxyl groups is 1. The van der Waals surface area contributed by atoms with Crippen LogP contribution >= 0.6 is 0 Å². The summed E-state index contributed by atoms with van der Waals surface area (Å²) >= 11 is 0. The molecule has 6 atom stereocenters. The molecule has 0 unspecified atom stereocenters. The number of phenols is 1. The summed E-state index contributed by atoms with van der Waals surface area (Å²) < 4.78 is 12.4. The van der Waals surface area contributed by atoms with Gasteiger partial charge in [-0.2, -0.15) is 0 Å². The van der Waals surface area contributed by atoms with Crippen LogP contribution in [0.5, 0.6) is 11.5 Å². The van der Waals surface area contributed by atoms with Crippen LogP contribution in [0.1, 0.15) is 24.5 Å². The van der Waals surface area contributed by atoms with Crippen LogP contribution in [-0.2, 0) is 14.3 Å². The van der Waals surface area contributed by atoms with Crippen molar-refractivity contribution in [1.29, 1.82) is 0 Å². The second kappa shape index (κ2) is 8.07. The molecule has 3 aromatic rings. The van der Waals surface area contributed by atoms with E-state index < -0.39 is 35.6 Å². The van der Waals surface area contributed by atoms with Gasteiger partial charge in [-0.1, -0.05) is 48.5 Å². The average molecular weight is 474 g/mol. The first kappa shape index (κ1) is 22.1. The van der Waals surface area contributed by atoms with Gasteiger partial charge in [-0.15, -0.1) is 0 Å². The van der Waals surface area contributed by atoms with Gasteiger partial charge in [0.05, 0.1) is 24.5 Å². The van der Waals surface area contributed by atoms with Crippen LogP contribution < -0.4 is 4.74 Å². The van der Waals surface area contributed by atoms with Crippen molar-refractivity contribution in [3.8, 4) is 11.5 Å². The summed E-state index contributed by atoms with van der Waals surface area (Å²) in [5, 5.41) is 23.9. The van der Waals surface area contributed by atoms with Crippen molar-refractivity contribution < 1.29 is 29.3 Å². The van der Waals surface area contributed by atoms with E-state index in [-0.39, 0.29) is 24.2 Å². The Hall–Kier alpha value is -3.42. The number of phenolic OH excluding ortho intramolecular Hbond substituents is 1. The molecule has 2 amide bonds. The smallest absolute Gasteiger partial charge is 0.233 e. The molecule has 1 saturated carbocycles. The molecule has 0 spiro atoms. The van der Waals surface area contributed by atoms with Gasteiger partial charge in [0.15, 0.2) is 5.79 Å². The van der Waals surface area contributed by atoms with E-state index in [1.807, 2.05) is 60.7 Å². The maximum absolute atomic E-state index is 13.1. The van der Waals surface area contributed by atoms with E-state index in [2.05, 4.69) is 0 Å². The highest BCUT2D eigenvalue weighted by Gasteiger charge is 2.66. The van der Waals surface area contributed by atoms with Crippen LogP contribution in [0.25, 0.3) is 10.8 Å². The van der Waals surface area contributed by atoms with Gasteiger partial charge < -0.3 is 19.7 Å². The zero-order valence-electron chi connectivity index (χ0n) is 19.3. The number of carbonyl (C=O) groups excluding carboxylic acids is 2. The minimum absolute atomic E-state index is 0.161. The van der Waals surface area contributed by atoms with E-state index in [9.17, 15) is 19.8 Å². The molecule has 0 aromatic heterocycles. The van der Waals surface area contributed by atoms with Crippen LogP contribution in [-0.4, -0.2) is 46.4 Å². The minimum Gasteiger partial charge on any atom is -0.507 e. The van der Waals surface area contributed by atoms with Crippen LogP contribution in [0.15, 0.2) is 66.7 Å². The lowest BCUT2D eigenvalue weighted by Crippen LogP contribution is -2.55. The van der Waals surface area contributed by atoms with Crippen LogP contribution in [0, 0.1) is 23.7 Å². The average Bonchev–Trinajstić information content (AvgIpc) is 3.33. The Morgan fingerprint density at radius 3 is 2.46 bits per heavy atom. The molecule has 2 N–H and O–H groups in total. The number of ether oxygens (including phenoxy) is 2. The Balaban J connectivity index is 1.38. The molecule has 35 heavy (non-hydrogen) atoms. The zero-order valence-corrected chi connectivity index (χ0v) is 19.3. The van der Waals surface area contributed by atoms with Gasteiger partial charge in [0.25, 0.3) is 0 Å². The Bertz CT molecular complexity index is 1310. The lowest BCUT2D eigenvalue weighted by Gasteiger charge is -2.44. The van der Waals surface area contributed by atoms with E-state index in [0.717, 1.165) is 10.9 Å². The van der Waals surface area contributed by atoms with Crippen molar-refractivity contribution in [3.63, 3.8) is 0 Å². The molecule has 180 valence electrons. The lowest BCUT2D eigenvalue weighted by atomic mass is 9.64. The van der Waals surface area contributed by atoms with E-state index in [1.165, 1.54) is 11.9 Å². The summed E-state index contributed by atoms with van der Waals surface area (Å²) in [6.45, 7) is 0.161. The van der Waals surface area contributed by atoms with Crippen molar-refractivity contribution in [2.24, 2.45) is 23.7 Å². The van der Waals surface area contributed by atoms with E-state index in [0.29, 0.717) is 24.0 Å². The molecule has 2 heterocycles. The molecule has 0 radical (unpaired) electrons. The number of amides is 2. The van der Waals surface area contributed by atoms with Gasteiger partial charge >= 0.3 is 0 Å². The second-order valence-corrected chi connectivity index (χ2v) is 9.84. The molecule has 7 heteroatoms. The number of aliphatic hydroxyl groups is 1.